The van der Waals surface area contributed by atoms with Crippen LogP contribution in [0.2, 0.25) is 0 Å². The molecular weight excluding hydrogens is 226 g/mol. The number of nitrogens with two attached hydrogens (primary N) is 1. The van der Waals surface area contributed by atoms with Gasteiger partial charge in [0.05, 0.1) is 13.2 Å². The van der Waals surface area contributed by atoms with E-state index < -0.39 is 18.6 Å². The lowest BCUT2D eigenvalue weighted by Gasteiger charge is -2.29. The van der Waals surface area contributed by atoms with E-state index in [1.54, 1.807) is 0 Å². The first kappa shape index (κ1) is 13.9. The summed E-state index contributed by atoms with van der Waals surface area (Å²) in [6.45, 7) is 1.03. The molecule has 0 aromatic heterocycles. The Balaban J connectivity index is 2.31. The SMILES string of the molecule is NC1CCN(CC(=O)NC(CO)C(=O)O)CC1. The van der Waals surface area contributed by atoms with Gasteiger partial charge in [-0.1, -0.05) is 0 Å². The number of nitrogens with one attached hydrogen (secondary N) is 1. The first-order valence-electron chi connectivity index (χ1n) is 5.64. The summed E-state index contributed by atoms with van der Waals surface area (Å²) in [5, 5.41) is 19.7. The summed E-state index contributed by atoms with van der Waals surface area (Å²) < 4.78 is 0. The van der Waals surface area contributed by atoms with Crippen molar-refractivity contribution in [3.05, 3.63) is 0 Å². The van der Waals surface area contributed by atoms with Gasteiger partial charge in [0.15, 0.2) is 0 Å². The van der Waals surface area contributed by atoms with Crippen molar-refractivity contribution in [2.24, 2.45) is 5.73 Å². The predicted octanol–water partition coefficient (Wildman–Crippen LogP) is -2.03. The van der Waals surface area contributed by atoms with Crippen LogP contribution >= 0.6 is 0 Å². The zero-order chi connectivity index (χ0) is 12.8. The van der Waals surface area contributed by atoms with Crippen LogP contribution in [0, 0.1) is 0 Å². The second-order valence-electron chi connectivity index (χ2n) is 4.25. The molecule has 1 heterocycles. The predicted molar refractivity (Wildman–Crippen MR) is 60.3 cm³/mol. The molecule has 1 atom stereocenters. The van der Waals surface area contributed by atoms with Crippen molar-refractivity contribution in [3.8, 4) is 0 Å². The zero-order valence-electron chi connectivity index (χ0n) is 9.63. The smallest absolute Gasteiger partial charge is 0.328 e. The van der Waals surface area contributed by atoms with Gasteiger partial charge in [-0.25, -0.2) is 4.79 Å². The second-order valence-corrected chi connectivity index (χ2v) is 4.25. The average Bonchev–Trinajstić information content (AvgIpc) is 2.28. The van der Waals surface area contributed by atoms with Crippen LogP contribution in [0.5, 0.6) is 0 Å². The lowest BCUT2D eigenvalue weighted by atomic mass is 10.1. The molecule has 0 aromatic carbocycles. The lowest BCUT2D eigenvalue weighted by Crippen LogP contribution is -2.49. The molecule has 0 saturated carbocycles. The Morgan fingerprint density at radius 1 is 1.41 bits per heavy atom. The molecule has 1 aliphatic heterocycles. The second kappa shape index (κ2) is 6.53. The van der Waals surface area contributed by atoms with Crippen LogP contribution in [-0.4, -0.2) is 65.3 Å². The van der Waals surface area contributed by atoms with Crippen LogP contribution in [0.1, 0.15) is 12.8 Å². The van der Waals surface area contributed by atoms with Gasteiger partial charge in [-0.05, 0) is 12.8 Å². The molecule has 5 N–H and O–H groups in total. The average molecular weight is 245 g/mol. The van der Waals surface area contributed by atoms with Crippen molar-refractivity contribution in [1.82, 2.24) is 10.2 Å². The Kier molecular flexibility index (Phi) is 5.33. The zero-order valence-corrected chi connectivity index (χ0v) is 9.63. The molecule has 0 radical (unpaired) electrons. The van der Waals surface area contributed by atoms with Gasteiger partial charge in [-0.2, -0.15) is 0 Å². The van der Waals surface area contributed by atoms with Gasteiger partial charge >= 0.3 is 5.97 Å². The quantitative estimate of drug-likeness (QED) is 0.444. The Labute approximate surface area is 99.6 Å². The molecule has 0 spiro atoms. The maximum atomic E-state index is 11.5. The van der Waals surface area contributed by atoms with Crippen molar-refractivity contribution in [2.45, 2.75) is 24.9 Å². The summed E-state index contributed by atoms with van der Waals surface area (Å²) in [6.07, 6.45) is 1.69. The number of carboxylic acid groups (broad SMARTS) is 1. The van der Waals surface area contributed by atoms with Crippen LogP contribution in [-0.2, 0) is 9.59 Å². The Bertz CT molecular complexity index is 277. The van der Waals surface area contributed by atoms with Crippen LogP contribution in [0.15, 0.2) is 0 Å². The number of aliphatic hydroxyl groups is 1. The highest BCUT2D eigenvalue weighted by Crippen LogP contribution is 2.07. The number of aliphatic hydroxyl groups excluding tert-OH is 1. The first-order chi connectivity index (χ1) is 8.02. The van der Waals surface area contributed by atoms with E-state index in [2.05, 4.69) is 5.32 Å². The van der Waals surface area contributed by atoms with E-state index in [1.807, 2.05) is 4.90 Å². The number of piperidine rings is 1. The molecule has 7 heteroatoms. The summed E-state index contributed by atoms with van der Waals surface area (Å²) in [7, 11) is 0. The molecule has 98 valence electrons. The monoisotopic (exact) mass is 245 g/mol. The molecule has 1 amide bonds. The summed E-state index contributed by atoms with van der Waals surface area (Å²) >= 11 is 0. The normalized spacial score (nSPS) is 19.9. The fourth-order valence-electron chi connectivity index (χ4n) is 1.74. The highest BCUT2D eigenvalue weighted by molar-refractivity contribution is 5.84. The van der Waals surface area contributed by atoms with E-state index in [4.69, 9.17) is 15.9 Å². The number of hydrogen-bond acceptors (Lipinski definition) is 5. The maximum absolute atomic E-state index is 11.5. The van der Waals surface area contributed by atoms with Gasteiger partial charge in [0.25, 0.3) is 0 Å². The van der Waals surface area contributed by atoms with E-state index in [0.29, 0.717) is 0 Å². The van der Waals surface area contributed by atoms with Crippen LogP contribution in [0.4, 0.5) is 0 Å². The van der Waals surface area contributed by atoms with E-state index >= 15 is 0 Å². The fraction of sp³-hybridized carbons (Fsp3) is 0.800. The molecule has 1 saturated heterocycles. The van der Waals surface area contributed by atoms with Crippen LogP contribution in [0.3, 0.4) is 0 Å². The largest absolute Gasteiger partial charge is 0.480 e. The molecule has 0 aliphatic carbocycles. The Morgan fingerprint density at radius 3 is 2.47 bits per heavy atom. The number of hydrogen-bond donors (Lipinski definition) is 4. The summed E-state index contributed by atoms with van der Waals surface area (Å²) in [5.74, 6) is -1.62. The minimum absolute atomic E-state index is 0.149. The van der Waals surface area contributed by atoms with Gasteiger partial charge in [0, 0.05) is 19.1 Å². The lowest BCUT2D eigenvalue weighted by molar-refractivity contribution is -0.143. The van der Waals surface area contributed by atoms with Crippen molar-refractivity contribution in [1.29, 1.82) is 0 Å². The minimum atomic E-state index is -1.23. The number of aliphatic carboxylic acids is 1. The topological polar surface area (TPSA) is 116 Å². The molecule has 1 aliphatic rings. The molecule has 1 unspecified atom stereocenters. The fourth-order valence-corrected chi connectivity index (χ4v) is 1.74. The Morgan fingerprint density at radius 2 is 2.00 bits per heavy atom. The van der Waals surface area contributed by atoms with Crippen molar-refractivity contribution in [2.75, 3.05) is 26.2 Å². The maximum Gasteiger partial charge on any atom is 0.328 e. The number of carbonyl (C=O) groups is 2. The molecular formula is C10H19N3O4. The molecule has 1 fully saturated rings. The third-order valence-corrected chi connectivity index (χ3v) is 2.82. The minimum Gasteiger partial charge on any atom is -0.480 e. The van der Waals surface area contributed by atoms with Gasteiger partial charge < -0.3 is 21.3 Å². The number of nitrogens with zero attached hydrogens (tertiary/aromatic N) is 1. The third kappa shape index (κ3) is 4.68. The molecule has 0 aromatic rings. The van der Waals surface area contributed by atoms with Gasteiger partial charge in [0.1, 0.15) is 6.04 Å². The summed E-state index contributed by atoms with van der Waals surface area (Å²) in [5.41, 5.74) is 5.73. The molecule has 0 bridgehead atoms. The molecule has 17 heavy (non-hydrogen) atoms. The molecule has 7 nitrogen and oxygen atoms in total. The standard InChI is InChI=1S/C10H19N3O4/c11-7-1-3-13(4-2-7)5-9(15)12-8(6-14)10(16)17/h7-8,14H,1-6,11H2,(H,12,15)(H,16,17). The van der Waals surface area contributed by atoms with E-state index in [0.717, 1.165) is 25.9 Å². The van der Waals surface area contributed by atoms with Gasteiger partial charge in [-0.15, -0.1) is 0 Å². The molecule has 1 rings (SSSR count). The Hall–Kier alpha value is -1.18. The van der Waals surface area contributed by atoms with Gasteiger partial charge in [-0.3, -0.25) is 9.69 Å². The van der Waals surface area contributed by atoms with E-state index in [1.165, 1.54) is 0 Å². The van der Waals surface area contributed by atoms with E-state index in [9.17, 15) is 9.59 Å². The van der Waals surface area contributed by atoms with Crippen LogP contribution in [0.25, 0.3) is 0 Å². The number of carbonyl (C=O) groups excluding carboxylic acids is 1. The number of rotatable bonds is 5. The van der Waals surface area contributed by atoms with Crippen molar-refractivity contribution < 1.29 is 19.8 Å². The number of likely N-dealkylation sites (tertiary alicyclic amines) is 1. The summed E-state index contributed by atoms with van der Waals surface area (Å²) in [6, 6.07) is -1.03. The van der Waals surface area contributed by atoms with Crippen molar-refractivity contribution in [3.63, 3.8) is 0 Å². The third-order valence-electron chi connectivity index (χ3n) is 2.82. The number of carboxylic acids is 1. The van der Waals surface area contributed by atoms with Crippen LogP contribution < -0.4 is 11.1 Å². The van der Waals surface area contributed by atoms with Gasteiger partial charge in [0.2, 0.25) is 5.91 Å². The highest BCUT2D eigenvalue weighted by Gasteiger charge is 2.22. The van der Waals surface area contributed by atoms with E-state index in [-0.39, 0.29) is 18.5 Å². The van der Waals surface area contributed by atoms with Crippen molar-refractivity contribution >= 4 is 11.9 Å². The highest BCUT2D eigenvalue weighted by atomic mass is 16.4. The summed E-state index contributed by atoms with van der Waals surface area (Å²) in [4.78, 5) is 24.0. The number of amides is 1. The first-order valence-corrected chi connectivity index (χ1v) is 5.64.